The van der Waals surface area contributed by atoms with Crippen LogP contribution < -0.4 is 10.2 Å². The molecule has 2 amide bonds. The molecule has 0 aliphatic heterocycles. The van der Waals surface area contributed by atoms with E-state index < -0.39 is 18.0 Å². The lowest BCUT2D eigenvalue weighted by Crippen LogP contribution is -2.46. The molecule has 1 aromatic rings. The number of aliphatic carboxylic acids is 1. The number of nitrogens with one attached hydrogen (secondary N) is 1. The maximum Gasteiger partial charge on any atom is 0.326 e. The fraction of sp³-hybridized carbons (Fsp3) is 0.333. The molecule has 0 bridgehead atoms. The molecule has 0 spiro atoms. The largest absolute Gasteiger partial charge is 0.508 e. The number of carbonyl (C=O) groups is 2. The molecule has 98 valence electrons. The van der Waals surface area contributed by atoms with Crippen LogP contribution in [-0.4, -0.2) is 35.3 Å². The Labute approximate surface area is 105 Å². The molecular weight excluding hydrogens is 236 g/mol. The van der Waals surface area contributed by atoms with Gasteiger partial charge in [-0.25, -0.2) is 9.59 Å². The van der Waals surface area contributed by atoms with Gasteiger partial charge in [0.2, 0.25) is 0 Å². The van der Waals surface area contributed by atoms with Crippen LogP contribution in [0.3, 0.4) is 0 Å². The SMILES string of the molecule is CC[C@H](NC(=O)N(C)c1cccc(O)c1)C(=O)O. The summed E-state index contributed by atoms with van der Waals surface area (Å²) in [5, 5.41) is 20.5. The minimum absolute atomic E-state index is 0.0393. The summed E-state index contributed by atoms with van der Waals surface area (Å²) in [6.45, 7) is 1.67. The number of nitrogens with zero attached hydrogens (tertiary/aromatic N) is 1. The first-order chi connectivity index (χ1) is 8.45. The first-order valence-corrected chi connectivity index (χ1v) is 5.51. The Morgan fingerprint density at radius 2 is 2.11 bits per heavy atom. The molecule has 0 fully saturated rings. The molecule has 0 saturated carbocycles. The molecule has 0 saturated heterocycles. The molecule has 0 heterocycles. The van der Waals surface area contributed by atoms with E-state index in [1.165, 1.54) is 24.1 Å². The van der Waals surface area contributed by atoms with Gasteiger partial charge < -0.3 is 15.5 Å². The molecule has 18 heavy (non-hydrogen) atoms. The summed E-state index contributed by atoms with van der Waals surface area (Å²) < 4.78 is 0. The maximum atomic E-state index is 11.8. The Hall–Kier alpha value is -2.24. The van der Waals surface area contributed by atoms with Gasteiger partial charge in [-0.05, 0) is 18.6 Å². The van der Waals surface area contributed by atoms with Crippen LogP contribution >= 0.6 is 0 Å². The standard InChI is InChI=1S/C12H16N2O4/c1-3-10(11(16)17)13-12(18)14(2)8-5-4-6-9(15)7-8/h4-7,10,15H,3H2,1-2H3,(H,13,18)(H,16,17)/t10-/m0/s1. The molecule has 0 aromatic heterocycles. The number of amides is 2. The molecular formula is C12H16N2O4. The van der Waals surface area contributed by atoms with Crippen molar-refractivity contribution in [3.63, 3.8) is 0 Å². The van der Waals surface area contributed by atoms with Gasteiger partial charge in [0.1, 0.15) is 11.8 Å². The van der Waals surface area contributed by atoms with Gasteiger partial charge in [-0.2, -0.15) is 0 Å². The monoisotopic (exact) mass is 252 g/mol. The number of phenols is 1. The number of aromatic hydroxyl groups is 1. The van der Waals surface area contributed by atoms with Gasteiger partial charge in [0, 0.05) is 18.8 Å². The zero-order valence-corrected chi connectivity index (χ0v) is 10.3. The van der Waals surface area contributed by atoms with Crippen LogP contribution in [0, 0.1) is 0 Å². The third-order valence-electron chi connectivity index (χ3n) is 2.53. The van der Waals surface area contributed by atoms with Crippen LogP contribution in [0.5, 0.6) is 5.75 Å². The molecule has 0 radical (unpaired) electrons. The average molecular weight is 252 g/mol. The van der Waals surface area contributed by atoms with E-state index >= 15 is 0 Å². The third-order valence-corrected chi connectivity index (χ3v) is 2.53. The van der Waals surface area contributed by atoms with Crippen LogP contribution in [0.25, 0.3) is 0 Å². The quantitative estimate of drug-likeness (QED) is 0.755. The highest BCUT2D eigenvalue weighted by molar-refractivity contribution is 5.94. The highest BCUT2D eigenvalue weighted by Crippen LogP contribution is 2.18. The fourth-order valence-electron chi connectivity index (χ4n) is 1.40. The van der Waals surface area contributed by atoms with Crippen LogP contribution in [0.15, 0.2) is 24.3 Å². The minimum Gasteiger partial charge on any atom is -0.508 e. The van der Waals surface area contributed by atoms with Crippen molar-refractivity contribution in [2.45, 2.75) is 19.4 Å². The molecule has 3 N–H and O–H groups in total. The van der Waals surface area contributed by atoms with Gasteiger partial charge in [0.25, 0.3) is 0 Å². The number of benzene rings is 1. The average Bonchev–Trinajstić information content (AvgIpc) is 2.34. The van der Waals surface area contributed by atoms with Gasteiger partial charge in [0.05, 0.1) is 0 Å². The van der Waals surface area contributed by atoms with Crippen molar-refractivity contribution >= 4 is 17.7 Å². The minimum atomic E-state index is -1.07. The maximum absolute atomic E-state index is 11.8. The lowest BCUT2D eigenvalue weighted by Gasteiger charge is -2.20. The van der Waals surface area contributed by atoms with Crippen molar-refractivity contribution < 1.29 is 19.8 Å². The van der Waals surface area contributed by atoms with Gasteiger partial charge in [0.15, 0.2) is 0 Å². The highest BCUT2D eigenvalue weighted by Gasteiger charge is 2.20. The van der Waals surface area contributed by atoms with E-state index in [9.17, 15) is 14.7 Å². The first kappa shape index (κ1) is 13.8. The zero-order chi connectivity index (χ0) is 13.7. The summed E-state index contributed by atoms with van der Waals surface area (Å²) in [6.07, 6.45) is 0.301. The van der Waals surface area contributed by atoms with E-state index in [2.05, 4.69) is 5.32 Å². The molecule has 0 unspecified atom stereocenters. The number of hydrogen-bond acceptors (Lipinski definition) is 3. The second-order valence-electron chi connectivity index (χ2n) is 3.83. The summed E-state index contributed by atoms with van der Waals surface area (Å²) in [7, 11) is 1.50. The first-order valence-electron chi connectivity index (χ1n) is 5.51. The Morgan fingerprint density at radius 1 is 1.44 bits per heavy atom. The molecule has 0 aliphatic rings. The Bertz CT molecular complexity index is 447. The second kappa shape index (κ2) is 5.90. The number of carbonyl (C=O) groups excluding carboxylic acids is 1. The zero-order valence-electron chi connectivity index (χ0n) is 10.3. The third kappa shape index (κ3) is 3.38. The molecule has 1 atom stereocenters. The van der Waals surface area contributed by atoms with E-state index in [4.69, 9.17) is 5.11 Å². The van der Waals surface area contributed by atoms with Crippen LogP contribution in [0.2, 0.25) is 0 Å². The van der Waals surface area contributed by atoms with Crippen molar-refractivity contribution in [1.29, 1.82) is 0 Å². The number of carboxylic acids is 1. The summed E-state index contributed by atoms with van der Waals surface area (Å²) in [4.78, 5) is 23.8. The van der Waals surface area contributed by atoms with E-state index in [0.717, 1.165) is 0 Å². The van der Waals surface area contributed by atoms with Gasteiger partial charge in [-0.15, -0.1) is 0 Å². The lowest BCUT2D eigenvalue weighted by molar-refractivity contribution is -0.139. The Balaban J connectivity index is 2.75. The van der Waals surface area contributed by atoms with Crippen LogP contribution in [-0.2, 0) is 4.79 Å². The van der Waals surface area contributed by atoms with Crippen molar-refractivity contribution in [3.8, 4) is 5.75 Å². The Morgan fingerprint density at radius 3 is 2.61 bits per heavy atom. The molecule has 1 aromatic carbocycles. The van der Waals surface area contributed by atoms with Gasteiger partial charge in [-0.3, -0.25) is 4.90 Å². The predicted octanol–water partition coefficient (Wildman–Crippen LogP) is 1.40. The molecule has 1 rings (SSSR count). The number of carboxylic acid groups (broad SMARTS) is 1. The van der Waals surface area contributed by atoms with Crippen molar-refractivity contribution in [3.05, 3.63) is 24.3 Å². The highest BCUT2D eigenvalue weighted by atomic mass is 16.4. The van der Waals surface area contributed by atoms with Gasteiger partial charge in [-0.1, -0.05) is 13.0 Å². The number of hydrogen-bond donors (Lipinski definition) is 3. The summed E-state index contributed by atoms with van der Waals surface area (Å²) in [5.41, 5.74) is 0.479. The molecule has 6 heteroatoms. The number of rotatable bonds is 4. The van der Waals surface area contributed by atoms with Gasteiger partial charge >= 0.3 is 12.0 Å². The summed E-state index contributed by atoms with van der Waals surface area (Å²) in [5.74, 6) is -1.03. The summed E-state index contributed by atoms with van der Waals surface area (Å²) in [6, 6.07) is 4.69. The van der Waals surface area contributed by atoms with E-state index in [-0.39, 0.29) is 5.75 Å². The normalized spacial score (nSPS) is 11.7. The van der Waals surface area contributed by atoms with Crippen molar-refractivity contribution in [2.75, 3.05) is 11.9 Å². The molecule has 6 nitrogen and oxygen atoms in total. The smallest absolute Gasteiger partial charge is 0.326 e. The molecule has 0 aliphatic carbocycles. The number of urea groups is 1. The summed E-state index contributed by atoms with van der Waals surface area (Å²) >= 11 is 0. The van der Waals surface area contributed by atoms with E-state index in [0.29, 0.717) is 12.1 Å². The topological polar surface area (TPSA) is 89.9 Å². The number of phenolic OH excluding ortho intramolecular Hbond substituents is 1. The number of anilines is 1. The fourth-order valence-corrected chi connectivity index (χ4v) is 1.40. The van der Waals surface area contributed by atoms with Crippen molar-refractivity contribution in [1.82, 2.24) is 5.32 Å². The predicted molar refractivity (Wildman–Crippen MR) is 66.8 cm³/mol. The van der Waals surface area contributed by atoms with E-state index in [1.807, 2.05) is 0 Å². The van der Waals surface area contributed by atoms with E-state index in [1.54, 1.807) is 19.1 Å². The van der Waals surface area contributed by atoms with Crippen LogP contribution in [0.1, 0.15) is 13.3 Å². The second-order valence-corrected chi connectivity index (χ2v) is 3.83. The van der Waals surface area contributed by atoms with Crippen molar-refractivity contribution in [2.24, 2.45) is 0 Å². The van der Waals surface area contributed by atoms with Crippen LogP contribution in [0.4, 0.5) is 10.5 Å². The lowest BCUT2D eigenvalue weighted by atomic mass is 10.2. The Kier molecular flexibility index (Phi) is 4.53.